The van der Waals surface area contributed by atoms with Gasteiger partial charge in [0.05, 0.1) is 13.2 Å². The van der Waals surface area contributed by atoms with E-state index in [4.69, 9.17) is 9.47 Å². The molecule has 1 fully saturated rings. The lowest BCUT2D eigenvalue weighted by molar-refractivity contribution is -0.149. The molecule has 21 heavy (non-hydrogen) atoms. The minimum absolute atomic E-state index is 0.0537. The van der Waals surface area contributed by atoms with E-state index in [1.54, 1.807) is 0 Å². The van der Waals surface area contributed by atoms with Gasteiger partial charge in [-0.2, -0.15) is 0 Å². The molecule has 0 aromatic rings. The van der Waals surface area contributed by atoms with Gasteiger partial charge in [-0.1, -0.05) is 41.5 Å². The molecule has 0 spiro atoms. The van der Waals surface area contributed by atoms with E-state index in [9.17, 15) is 4.79 Å². The SMILES string of the molecule is COC(=O)C(CC(C)C)NC1CC(OCC(C)C)C1(C)C. The second-order valence-corrected chi connectivity index (χ2v) is 7.70. The van der Waals surface area contributed by atoms with E-state index in [1.165, 1.54) is 7.11 Å². The Balaban J connectivity index is 2.55. The Morgan fingerprint density at radius 3 is 2.29 bits per heavy atom. The standard InChI is InChI=1S/C17H33NO3/c1-11(2)8-13(16(19)20-7)18-14-9-15(17(14,5)6)21-10-12(3)4/h11-15,18H,8-10H2,1-7H3. The van der Waals surface area contributed by atoms with Crippen LogP contribution in [0.1, 0.15) is 54.4 Å². The molecule has 4 heteroatoms. The summed E-state index contributed by atoms with van der Waals surface area (Å²) >= 11 is 0. The van der Waals surface area contributed by atoms with Crippen LogP contribution in [0.3, 0.4) is 0 Å². The zero-order valence-electron chi connectivity index (χ0n) is 14.7. The van der Waals surface area contributed by atoms with Crippen molar-refractivity contribution >= 4 is 5.97 Å². The lowest BCUT2D eigenvalue weighted by Gasteiger charge is -2.53. The van der Waals surface area contributed by atoms with Crippen molar-refractivity contribution in [1.29, 1.82) is 0 Å². The van der Waals surface area contributed by atoms with E-state index < -0.39 is 0 Å². The fourth-order valence-electron chi connectivity index (χ4n) is 2.85. The van der Waals surface area contributed by atoms with Gasteiger partial charge in [-0.3, -0.25) is 4.79 Å². The quantitative estimate of drug-likeness (QED) is 0.700. The normalized spacial score (nSPS) is 25.8. The molecule has 0 aliphatic heterocycles. The van der Waals surface area contributed by atoms with Crippen LogP contribution in [0.15, 0.2) is 0 Å². The molecule has 124 valence electrons. The number of carbonyl (C=O) groups excluding carboxylic acids is 1. The van der Waals surface area contributed by atoms with Crippen molar-refractivity contribution in [3.8, 4) is 0 Å². The Morgan fingerprint density at radius 1 is 1.24 bits per heavy atom. The highest BCUT2D eigenvalue weighted by molar-refractivity contribution is 5.75. The molecular formula is C17H33NO3. The van der Waals surface area contributed by atoms with E-state index in [-0.39, 0.29) is 23.5 Å². The molecule has 0 amide bonds. The monoisotopic (exact) mass is 299 g/mol. The van der Waals surface area contributed by atoms with Crippen LogP contribution in [0.2, 0.25) is 0 Å². The first-order chi connectivity index (χ1) is 9.68. The Morgan fingerprint density at radius 2 is 1.86 bits per heavy atom. The van der Waals surface area contributed by atoms with E-state index >= 15 is 0 Å². The summed E-state index contributed by atoms with van der Waals surface area (Å²) in [6.45, 7) is 13.8. The molecule has 0 aromatic heterocycles. The summed E-state index contributed by atoms with van der Waals surface area (Å²) in [5.74, 6) is 0.848. The molecule has 0 bridgehead atoms. The summed E-state index contributed by atoms with van der Waals surface area (Å²) in [4.78, 5) is 11.9. The van der Waals surface area contributed by atoms with Crippen LogP contribution in [-0.2, 0) is 14.3 Å². The summed E-state index contributed by atoms with van der Waals surface area (Å²) in [6.07, 6.45) is 2.04. The first kappa shape index (κ1) is 18.4. The van der Waals surface area contributed by atoms with Crippen molar-refractivity contribution in [3.63, 3.8) is 0 Å². The fraction of sp³-hybridized carbons (Fsp3) is 0.941. The van der Waals surface area contributed by atoms with Crippen molar-refractivity contribution in [2.45, 2.75) is 72.6 Å². The Bertz CT molecular complexity index is 339. The van der Waals surface area contributed by atoms with Gasteiger partial charge in [-0.15, -0.1) is 0 Å². The van der Waals surface area contributed by atoms with Gasteiger partial charge < -0.3 is 14.8 Å². The number of hydrogen-bond donors (Lipinski definition) is 1. The maximum Gasteiger partial charge on any atom is 0.322 e. The molecule has 3 unspecified atom stereocenters. The maximum atomic E-state index is 11.9. The van der Waals surface area contributed by atoms with Crippen molar-refractivity contribution in [2.24, 2.45) is 17.3 Å². The van der Waals surface area contributed by atoms with Gasteiger partial charge in [0.15, 0.2) is 0 Å². The molecule has 0 radical (unpaired) electrons. The average Bonchev–Trinajstić information content (AvgIpc) is 2.38. The van der Waals surface area contributed by atoms with Gasteiger partial charge in [0.1, 0.15) is 6.04 Å². The average molecular weight is 299 g/mol. The second kappa shape index (κ2) is 7.59. The van der Waals surface area contributed by atoms with Gasteiger partial charge in [0.25, 0.3) is 0 Å². The summed E-state index contributed by atoms with van der Waals surface area (Å²) in [5.41, 5.74) is 0.0537. The van der Waals surface area contributed by atoms with Crippen LogP contribution in [0, 0.1) is 17.3 Å². The van der Waals surface area contributed by atoms with Gasteiger partial charge in [-0.05, 0) is 24.7 Å². The highest BCUT2D eigenvalue weighted by atomic mass is 16.5. The topological polar surface area (TPSA) is 47.6 Å². The van der Waals surface area contributed by atoms with Crippen molar-refractivity contribution in [2.75, 3.05) is 13.7 Å². The molecule has 1 saturated carbocycles. The van der Waals surface area contributed by atoms with Gasteiger partial charge in [0, 0.05) is 18.1 Å². The van der Waals surface area contributed by atoms with Crippen LogP contribution in [-0.4, -0.2) is 37.9 Å². The van der Waals surface area contributed by atoms with Gasteiger partial charge >= 0.3 is 5.97 Å². The number of rotatable bonds is 8. The van der Waals surface area contributed by atoms with Crippen LogP contribution in [0.5, 0.6) is 0 Å². The molecule has 1 N–H and O–H groups in total. The summed E-state index contributed by atoms with van der Waals surface area (Å²) in [7, 11) is 1.46. The molecule has 4 nitrogen and oxygen atoms in total. The van der Waals surface area contributed by atoms with Crippen LogP contribution in [0.4, 0.5) is 0 Å². The minimum atomic E-state index is -0.217. The zero-order chi connectivity index (χ0) is 16.2. The Labute approximate surface area is 130 Å². The molecule has 0 saturated heterocycles. The molecule has 1 aliphatic carbocycles. The van der Waals surface area contributed by atoms with Crippen molar-refractivity contribution < 1.29 is 14.3 Å². The number of methoxy groups -OCH3 is 1. The number of ether oxygens (including phenoxy) is 2. The lowest BCUT2D eigenvalue weighted by Crippen LogP contribution is -2.64. The van der Waals surface area contributed by atoms with Crippen LogP contribution in [0.25, 0.3) is 0 Å². The predicted molar refractivity (Wildman–Crippen MR) is 85.2 cm³/mol. The molecular weight excluding hydrogens is 266 g/mol. The molecule has 3 atom stereocenters. The summed E-state index contributed by atoms with van der Waals surface area (Å²) in [5, 5.41) is 3.49. The summed E-state index contributed by atoms with van der Waals surface area (Å²) in [6, 6.07) is 0.0860. The smallest absolute Gasteiger partial charge is 0.322 e. The third kappa shape index (κ3) is 4.96. The largest absolute Gasteiger partial charge is 0.468 e. The predicted octanol–water partition coefficient (Wildman–Crippen LogP) is 3.00. The van der Waals surface area contributed by atoms with Crippen molar-refractivity contribution in [1.82, 2.24) is 5.32 Å². The fourth-order valence-corrected chi connectivity index (χ4v) is 2.85. The van der Waals surface area contributed by atoms with E-state index in [2.05, 4.69) is 46.9 Å². The molecule has 1 aliphatic rings. The minimum Gasteiger partial charge on any atom is -0.468 e. The van der Waals surface area contributed by atoms with E-state index in [0.29, 0.717) is 17.9 Å². The third-order valence-electron chi connectivity index (χ3n) is 4.40. The number of esters is 1. The lowest BCUT2D eigenvalue weighted by atomic mass is 9.64. The highest BCUT2D eigenvalue weighted by Gasteiger charge is 2.50. The molecule has 0 aromatic carbocycles. The molecule has 1 rings (SSSR count). The number of carbonyl (C=O) groups is 1. The van der Waals surface area contributed by atoms with E-state index in [0.717, 1.165) is 19.4 Å². The van der Waals surface area contributed by atoms with Gasteiger partial charge in [0.2, 0.25) is 0 Å². The van der Waals surface area contributed by atoms with Crippen molar-refractivity contribution in [3.05, 3.63) is 0 Å². The Hall–Kier alpha value is -0.610. The van der Waals surface area contributed by atoms with Gasteiger partial charge in [-0.25, -0.2) is 0 Å². The maximum absolute atomic E-state index is 11.9. The first-order valence-corrected chi connectivity index (χ1v) is 8.13. The first-order valence-electron chi connectivity index (χ1n) is 8.13. The third-order valence-corrected chi connectivity index (χ3v) is 4.40. The number of hydrogen-bond acceptors (Lipinski definition) is 4. The number of nitrogens with one attached hydrogen (secondary N) is 1. The van der Waals surface area contributed by atoms with E-state index in [1.807, 2.05) is 0 Å². The second-order valence-electron chi connectivity index (χ2n) is 7.70. The summed E-state index contributed by atoms with van der Waals surface area (Å²) < 4.78 is 10.9. The highest BCUT2D eigenvalue weighted by Crippen LogP contribution is 2.43. The molecule has 0 heterocycles. The van der Waals surface area contributed by atoms with Crippen LogP contribution < -0.4 is 5.32 Å². The van der Waals surface area contributed by atoms with Crippen LogP contribution >= 0.6 is 0 Å². The Kier molecular flexibility index (Phi) is 6.67. The zero-order valence-corrected chi connectivity index (χ0v) is 14.7.